The summed E-state index contributed by atoms with van der Waals surface area (Å²) in [5.41, 5.74) is 3.34. The average molecular weight is 403 g/mol. The van der Waals surface area contributed by atoms with E-state index in [1.807, 2.05) is 42.1 Å². The van der Waals surface area contributed by atoms with E-state index in [4.69, 9.17) is 4.98 Å². The van der Waals surface area contributed by atoms with Crippen LogP contribution in [0.4, 0.5) is 4.79 Å². The second kappa shape index (κ2) is 8.02. The van der Waals surface area contributed by atoms with Gasteiger partial charge in [-0.1, -0.05) is 18.2 Å². The zero-order valence-electron chi connectivity index (χ0n) is 17.4. The number of pyridine rings is 1. The molecule has 0 aliphatic carbocycles. The molecule has 0 saturated heterocycles. The van der Waals surface area contributed by atoms with E-state index < -0.39 is 0 Å². The molecule has 30 heavy (non-hydrogen) atoms. The third kappa shape index (κ3) is 3.43. The Morgan fingerprint density at radius 1 is 1.03 bits per heavy atom. The summed E-state index contributed by atoms with van der Waals surface area (Å²) in [6.45, 7) is 3.03. The van der Waals surface area contributed by atoms with Gasteiger partial charge in [0.05, 0.1) is 16.6 Å². The summed E-state index contributed by atoms with van der Waals surface area (Å²) in [6, 6.07) is 9.74. The van der Waals surface area contributed by atoms with E-state index in [-0.39, 0.29) is 11.9 Å². The molecule has 3 amide bonds. The quantitative estimate of drug-likeness (QED) is 0.447. The number of amides is 3. The van der Waals surface area contributed by atoms with Crippen molar-refractivity contribution in [1.29, 1.82) is 0 Å². The van der Waals surface area contributed by atoms with Gasteiger partial charge in [0, 0.05) is 55.7 Å². The van der Waals surface area contributed by atoms with E-state index in [1.54, 1.807) is 7.05 Å². The number of carbonyl (C=O) groups is 2. The molecule has 3 N–H and O–H groups in total. The van der Waals surface area contributed by atoms with Crippen molar-refractivity contribution >= 4 is 44.5 Å². The van der Waals surface area contributed by atoms with Gasteiger partial charge in [0.2, 0.25) is 0 Å². The van der Waals surface area contributed by atoms with Crippen LogP contribution in [-0.4, -0.2) is 41.6 Å². The zero-order valence-corrected chi connectivity index (χ0v) is 17.4. The Balaban J connectivity index is 1.76. The van der Waals surface area contributed by atoms with Crippen LogP contribution in [0.5, 0.6) is 0 Å². The van der Waals surface area contributed by atoms with Crippen LogP contribution >= 0.6 is 0 Å². The predicted molar refractivity (Wildman–Crippen MR) is 120 cm³/mol. The maximum absolute atomic E-state index is 13.2. The molecular weight excluding hydrogens is 378 g/mol. The second-order valence-electron chi connectivity index (χ2n) is 7.41. The molecule has 2 aromatic carbocycles. The largest absolute Gasteiger partial charge is 0.357 e. The molecule has 0 radical (unpaired) electrons. The van der Waals surface area contributed by atoms with Crippen molar-refractivity contribution in [1.82, 2.24) is 25.5 Å². The van der Waals surface area contributed by atoms with Gasteiger partial charge in [-0.2, -0.15) is 0 Å². The fraction of sp³-hybridized carbons (Fsp3) is 0.261. The van der Waals surface area contributed by atoms with Crippen LogP contribution in [0.25, 0.3) is 32.6 Å². The number of urea groups is 1. The van der Waals surface area contributed by atoms with E-state index in [9.17, 15) is 9.59 Å². The molecule has 0 unspecified atom stereocenters. The topological polar surface area (TPSA) is 88.0 Å². The highest BCUT2D eigenvalue weighted by Gasteiger charge is 2.21. The van der Waals surface area contributed by atoms with Gasteiger partial charge in [0.25, 0.3) is 5.91 Å². The Morgan fingerprint density at radius 3 is 2.60 bits per heavy atom. The normalized spacial score (nSPS) is 11.2. The molecule has 154 valence electrons. The van der Waals surface area contributed by atoms with E-state index in [1.165, 1.54) is 0 Å². The number of benzene rings is 2. The molecular formula is C23H25N5O2. The molecule has 0 saturated carbocycles. The third-order valence-electron chi connectivity index (χ3n) is 5.41. The Bertz CT molecular complexity index is 1280. The summed E-state index contributed by atoms with van der Waals surface area (Å²) >= 11 is 0. The Kier molecular flexibility index (Phi) is 5.27. The number of aryl methyl sites for hydroxylation is 2. The maximum Gasteiger partial charge on any atom is 0.314 e. The lowest BCUT2D eigenvalue weighted by Crippen LogP contribution is -2.35. The maximum atomic E-state index is 13.2. The van der Waals surface area contributed by atoms with Gasteiger partial charge in [-0.15, -0.1) is 0 Å². The molecule has 2 heterocycles. The first-order valence-electron chi connectivity index (χ1n) is 10.0. The van der Waals surface area contributed by atoms with Crippen molar-refractivity contribution in [2.45, 2.75) is 13.3 Å². The van der Waals surface area contributed by atoms with Crippen LogP contribution < -0.4 is 16.0 Å². The van der Waals surface area contributed by atoms with Crippen LogP contribution in [0.3, 0.4) is 0 Å². The minimum Gasteiger partial charge on any atom is -0.357 e. The smallest absolute Gasteiger partial charge is 0.314 e. The Labute approximate surface area is 174 Å². The number of hydrogen-bond acceptors (Lipinski definition) is 3. The first kappa shape index (κ1) is 19.7. The van der Waals surface area contributed by atoms with E-state index in [2.05, 4.69) is 35.1 Å². The highest BCUT2D eigenvalue weighted by atomic mass is 16.2. The summed E-state index contributed by atoms with van der Waals surface area (Å²) < 4.78 is 1.99. The number of nitrogens with one attached hydrogen (secondary N) is 3. The average Bonchev–Trinajstić information content (AvgIpc) is 3.13. The summed E-state index contributed by atoms with van der Waals surface area (Å²) in [4.78, 5) is 29.3. The van der Waals surface area contributed by atoms with Crippen LogP contribution in [0.1, 0.15) is 22.3 Å². The van der Waals surface area contributed by atoms with Crippen molar-refractivity contribution in [3.63, 3.8) is 0 Å². The van der Waals surface area contributed by atoms with Crippen molar-refractivity contribution in [2.24, 2.45) is 7.05 Å². The monoisotopic (exact) mass is 403 g/mol. The molecule has 4 aromatic rings. The van der Waals surface area contributed by atoms with E-state index in [0.29, 0.717) is 25.1 Å². The number of nitrogens with zero attached hydrogens (tertiary/aromatic N) is 2. The number of carbonyl (C=O) groups excluding carboxylic acids is 2. The van der Waals surface area contributed by atoms with Crippen molar-refractivity contribution in [2.75, 3.05) is 20.1 Å². The molecule has 7 nitrogen and oxygen atoms in total. The number of aromatic nitrogens is 2. The van der Waals surface area contributed by atoms with Crippen LogP contribution in [0.2, 0.25) is 0 Å². The summed E-state index contributed by atoms with van der Waals surface area (Å²) in [7, 11) is 3.55. The lowest BCUT2D eigenvalue weighted by Gasteiger charge is -2.13. The molecule has 0 bridgehead atoms. The molecule has 0 aliphatic heterocycles. The van der Waals surface area contributed by atoms with Crippen LogP contribution in [-0.2, 0) is 7.05 Å². The predicted octanol–water partition coefficient (Wildman–Crippen LogP) is 3.24. The van der Waals surface area contributed by atoms with Gasteiger partial charge in [0.15, 0.2) is 0 Å². The van der Waals surface area contributed by atoms with Crippen LogP contribution in [0.15, 0.2) is 42.7 Å². The van der Waals surface area contributed by atoms with Crippen LogP contribution in [0, 0.1) is 6.92 Å². The molecule has 2 aromatic heterocycles. The van der Waals surface area contributed by atoms with Crippen molar-refractivity contribution in [3.8, 4) is 0 Å². The number of rotatable bonds is 5. The van der Waals surface area contributed by atoms with Gasteiger partial charge >= 0.3 is 6.03 Å². The van der Waals surface area contributed by atoms with Gasteiger partial charge < -0.3 is 20.5 Å². The lowest BCUT2D eigenvalue weighted by molar-refractivity contribution is 0.0956. The fourth-order valence-corrected chi connectivity index (χ4v) is 3.92. The highest BCUT2D eigenvalue weighted by molar-refractivity contribution is 6.24. The van der Waals surface area contributed by atoms with Gasteiger partial charge in [-0.25, -0.2) is 9.78 Å². The molecule has 0 spiro atoms. The van der Waals surface area contributed by atoms with Gasteiger partial charge in [0.1, 0.15) is 0 Å². The molecule has 7 heteroatoms. The van der Waals surface area contributed by atoms with Gasteiger partial charge in [-0.05, 0) is 36.4 Å². The number of fused-ring (bicyclic) bond motifs is 4. The zero-order chi connectivity index (χ0) is 21.3. The van der Waals surface area contributed by atoms with E-state index in [0.717, 1.165) is 38.1 Å². The molecule has 0 atom stereocenters. The van der Waals surface area contributed by atoms with Crippen molar-refractivity contribution < 1.29 is 9.59 Å². The van der Waals surface area contributed by atoms with Gasteiger partial charge in [-0.3, -0.25) is 4.79 Å². The molecule has 0 fully saturated rings. The molecule has 4 rings (SSSR count). The minimum absolute atomic E-state index is 0.151. The minimum atomic E-state index is -0.229. The van der Waals surface area contributed by atoms with E-state index >= 15 is 0 Å². The lowest BCUT2D eigenvalue weighted by atomic mass is 9.95. The summed E-state index contributed by atoms with van der Waals surface area (Å²) in [5.74, 6) is -0.151. The first-order valence-corrected chi connectivity index (χ1v) is 10.0. The highest BCUT2D eigenvalue weighted by Crippen LogP contribution is 2.36. The Morgan fingerprint density at radius 2 is 1.80 bits per heavy atom. The second-order valence-corrected chi connectivity index (χ2v) is 7.41. The number of para-hydroxylation sites is 1. The standard InChI is InChI=1S/C23H25N5O2/c1-14-17-13-28(3)12-9-15(17)20(22(29)25-10-6-11-26-23(30)24-2)21-19(14)16-7-4-5-8-18(16)27-21/h4-5,7-9,12-13H,6,10-11H2,1-3H3,(H,25,29)(H2,24,26,30). The third-order valence-corrected chi connectivity index (χ3v) is 5.41. The Hall–Kier alpha value is -3.61. The molecule has 0 aliphatic rings. The fourth-order valence-electron chi connectivity index (χ4n) is 3.92. The van der Waals surface area contributed by atoms with Crippen molar-refractivity contribution in [3.05, 3.63) is 53.9 Å². The first-order chi connectivity index (χ1) is 14.5. The summed E-state index contributed by atoms with van der Waals surface area (Å²) in [6.07, 6.45) is 4.63. The SMILES string of the molecule is CNC(=O)NCCCNC(=O)c1c2ccn(C)cc2c(C)c2c1nc1ccccc12. The number of hydrogen-bond donors (Lipinski definition) is 3. The summed E-state index contributed by atoms with van der Waals surface area (Å²) in [5, 5.41) is 12.2.